The number of nitrogens with zero attached hydrogens (tertiary/aromatic N) is 2. The third kappa shape index (κ3) is 4.31. The molecule has 1 atom stereocenters. The van der Waals surface area contributed by atoms with E-state index >= 15 is 0 Å². The fourth-order valence-electron chi connectivity index (χ4n) is 2.29. The van der Waals surface area contributed by atoms with Gasteiger partial charge in [-0.25, -0.2) is 0 Å². The summed E-state index contributed by atoms with van der Waals surface area (Å²) in [6.45, 7) is 2.52. The van der Waals surface area contributed by atoms with E-state index in [-0.39, 0.29) is 29.2 Å². The molecule has 0 aliphatic carbocycles. The first-order valence-corrected chi connectivity index (χ1v) is 6.35. The molecule has 19 heavy (non-hydrogen) atoms. The number of likely N-dealkylation sites (tertiary alicyclic amines) is 1. The average molecular weight is 306 g/mol. The smallest absolute Gasteiger partial charge is 0.288 e. The molecule has 0 bridgehead atoms. The number of nitro benzene ring substituents is 1. The Balaban J connectivity index is 0.00000180. The molecule has 5 nitrogen and oxygen atoms in total. The minimum Gasteiger partial charge on any atom is -0.327 e. The lowest BCUT2D eigenvalue weighted by molar-refractivity contribution is -0.384. The van der Waals surface area contributed by atoms with Gasteiger partial charge < -0.3 is 5.73 Å². The van der Waals surface area contributed by atoms with Gasteiger partial charge in [-0.2, -0.15) is 0 Å². The van der Waals surface area contributed by atoms with Gasteiger partial charge in [-0.1, -0.05) is 17.7 Å². The summed E-state index contributed by atoms with van der Waals surface area (Å²) in [6, 6.07) is 5.16. The van der Waals surface area contributed by atoms with Crippen molar-refractivity contribution in [3.63, 3.8) is 0 Å². The molecule has 0 unspecified atom stereocenters. The van der Waals surface area contributed by atoms with Gasteiger partial charge in [-0.3, -0.25) is 15.0 Å². The van der Waals surface area contributed by atoms with Crippen molar-refractivity contribution in [2.45, 2.75) is 25.4 Å². The molecule has 1 aromatic rings. The molecule has 1 aliphatic heterocycles. The van der Waals surface area contributed by atoms with E-state index < -0.39 is 4.92 Å². The number of rotatable bonds is 3. The van der Waals surface area contributed by atoms with E-state index in [2.05, 4.69) is 4.90 Å². The van der Waals surface area contributed by atoms with Gasteiger partial charge >= 0.3 is 0 Å². The maximum absolute atomic E-state index is 10.8. The fraction of sp³-hybridized carbons (Fsp3) is 0.500. The molecule has 1 aromatic carbocycles. The number of nitro groups is 1. The lowest BCUT2D eigenvalue weighted by Gasteiger charge is -2.30. The summed E-state index contributed by atoms with van der Waals surface area (Å²) in [5, 5.41) is 11.0. The Kier molecular flexibility index (Phi) is 6.00. The highest BCUT2D eigenvalue weighted by atomic mass is 35.5. The maximum Gasteiger partial charge on any atom is 0.288 e. The molecule has 1 aliphatic rings. The molecular weight excluding hydrogens is 289 g/mol. The Hall–Kier alpha value is -0.880. The highest BCUT2D eigenvalue weighted by molar-refractivity contribution is 6.32. The van der Waals surface area contributed by atoms with Crippen LogP contribution >= 0.6 is 24.0 Å². The second-order valence-corrected chi connectivity index (χ2v) is 5.09. The molecule has 0 aromatic heterocycles. The van der Waals surface area contributed by atoms with Gasteiger partial charge in [0.15, 0.2) is 0 Å². The van der Waals surface area contributed by atoms with Crippen LogP contribution in [0.3, 0.4) is 0 Å². The van der Waals surface area contributed by atoms with Crippen LogP contribution in [-0.2, 0) is 6.54 Å². The van der Waals surface area contributed by atoms with Crippen LogP contribution in [0.2, 0.25) is 5.02 Å². The van der Waals surface area contributed by atoms with Crippen LogP contribution in [0.15, 0.2) is 18.2 Å². The van der Waals surface area contributed by atoms with Crippen molar-refractivity contribution in [1.29, 1.82) is 0 Å². The number of nitrogens with two attached hydrogens (primary N) is 1. The van der Waals surface area contributed by atoms with Gasteiger partial charge in [0.2, 0.25) is 0 Å². The van der Waals surface area contributed by atoms with Crippen molar-refractivity contribution in [3.05, 3.63) is 38.9 Å². The van der Waals surface area contributed by atoms with Gasteiger partial charge in [0.05, 0.1) is 4.92 Å². The summed E-state index contributed by atoms with van der Waals surface area (Å²) in [6.07, 6.45) is 2.13. The van der Waals surface area contributed by atoms with Gasteiger partial charge in [0, 0.05) is 25.2 Å². The Morgan fingerprint density at radius 2 is 2.26 bits per heavy atom. The lowest BCUT2D eigenvalue weighted by Crippen LogP contribution is -2.42. The SMILES string of the molecule is Cl.N[C@@H]1CCCN(Cc2ccc(Cl)c([N+](=O)[O-])c2)C1. The van der Waals surface area contributed by atoms with Crippen molar-refractivity contribution in [3.8, 4) is 0 Å². The van der Waals surface area contributed by atoms with Gasteiger partial charge in [0.25, 0.3) is 5.69 Å². The molecule has 1 heterocycles. The van der Waals surface area contributed by atoms with E-state index in [1.54, 1.807) is 12.1 Å². The Bertz CT molecular complexity index is 457. The number of hydrogen-bond donors (Lipinski definition) is 1. The summed E-state index contributed by atoms with van der Waals surface area (Å²) in [5.74, 6) is 0. The van der Waals surface area contributed by atoms with Gasteiger partial charge in [-0.05, 0) is 31.0 Å². The summed E-state index contributed by atoms with van der Waals surface area (Å²) < 4.78 is 0. The third-order valence-electron chi connectivity index (χ3n) is 3.16. The van der Waals surface area contributed by atoms with Crippen molar-refractivity contribution in [1.82, 2.24) is 4.90 Å². The molecule has 2 rings (SSSR count). The van der Waals surface area contributed by atoms with Gasteiger partial charge in [-0.15, -0.1) is 12.4 Å². The van der Waals surface area contributed by atoms with E-state index in [0.29, 0.717) is 6.54 Å². The third-order valence-corrected chi connectivity index (χ3v) is 3.48. The fourth-order valence-corrected chi connectivity index (χ4v) is 2.48. The predicted octanol–water partition coefficient (Wildman–Crippen LogP) is 2.59. The van der Waals surface area contributed by atoms with Crippen molar-refractivity contribution in [2.24, 2.45) is 5.73 Å². The standard InChI is InChI=1S/C12H16ClN3O2.ClH/c13-11-4-3-9(6-12(11)16(17)18)7-15-5-1-2-10(14)8-15;/h3-4,6,10H,1-2,5,7-8,14H2;1H/t10-;/m1./s1. The largest absolute Gasteiger partial charge is 0.327 e. The summed E-state index contributed by atoms with van der Waals surface area (Å²) in [4.78, 5) is 12.6. The van der Waals surface area contributed by atoms with Crippen molar-refractivity contribution < 1.29 is 4.92 Å². The first-order chi connectivity index (χ1) is 8.56. The first-order valence-electron chi connectivity index (χ1n) is 5.97. The van der Waals surface area contributed by atoms with Crippen LogP contribution in [-0.4, -0.2) is 29.0 Å². The number of hydrogen-bond acceptors (Lipinski definition) is 4. The normalized spacial score (nSPS) is 19.8. The first kappa shape index (κ1) is 16.2. The van der Waals surface area contributed by atoms with E-state index in [0.717, 1.165) is 31.5 Å². The second kappa shape index (κ2) is 7.05. The predicted molar refractivity (Wildman–Crippen MR) is 77.8 cm³/mol. The molecule has 0 spiro atoms. The van der Waals surface area contributed by atoms with Crippen molar-refractivity contribution >= 4 is 29.7 Å². The van der Waals surface area contributed by atoms with Crippen LogP contribution < -0.4 is 5.73 Å². The summed E-state index contributed by atoms with van der Waals surface area (Å²) >= 11 is 5.78. The summed E-state index contributed by atoms with van der Waals surface area (Å²) in [5.41, 5.74) is 6.78. The number of benzene rings is 1. The van der Waals surface area contributed by atoms with Crippen LogP contribution in [0.4, 0.5) is 5.69 Å². The minimum absolute atomic E-state index is 0. The monoisotopic (exact) mass is 305 g/mol. The molecule has 7 heteroatoms. The molecule has 0 saturated carbocycles. The molecule has 1 saturated heterocycles. The minimum atomic E-state index is -0.451. The molecular formula is C12H17Cl2N3O2. The Labute approximate surface area is 123 Å². The maximum atomic E-state index is 10.8. The van der Waals surface area contributed by atoms with E-state index in [1.165, 1.54) is 0 Å². The zero-order valence-electron chi connectivity index (χ0n) is 10.4. The Morgan fingerprint density at radius 3 is 2.89 bits per heavy atom. The topological polar surface area (TPSA) is 72.4 Å². The van der Waals surface area contributed by atoms with Crippen LogP contribution in [0.5, 0.6) is 0 Å². The zero-order chi connectivity index (χ0) is 13.1. The lowest BCUT2D eigenvalue weighted by atomic mass is 10.1. The van der Waals surface area contributed by atoms with Crippen molar-refractivity contribution in [2.75, 3.05) is 13.1 Å². The van der Waals surface area contributed by atoms with E-state index in [4.69, 9.17) is 17.3 Å². The quantitative estimate of drug-likeness (QED) is 0.688. The second-order valence-electron chi connectivity index (χ2n) is 4.68. The average Bonchev–Trinajstić information content (AvgIpc) is 2.31. The molecule has 2 N–H and O–H groups in total. The zero-order valence-corrected chi connectivity index (χ0v) is 12.0. The van der Waals surface area contributed by atoms with Crippen LogP contribution in [0.25, 0.3) is 0 Å². The summed E-state index contributed by atoms with van der Waals surface area (Å²) in [7, 11) is 0. The number of halogens is 2. The number of piperidine rings is 1. The van der Waals surface area contributed by atoms with E-state index in [1.807, 2.05) is 6.07 Å². The van der Waals surface area contributed by atoms with Crippen LogP contribution in [0.1, 0.15) is 18.4 Å². The molecule has 106 valence electrons. The molecule has 0 amide bonds. The van der Waals surface area contributed by atoms with Crippen LogP contribution in [0, 0.1) is 10.1 Å². The Morgan fingerprint density at radius 1 is 1.53 bits per heavy atom. The molecule has 1 fully saturated rings. The molecule has 0 radical (unpaired) electrons. The highest BCUT2D eigenvalue weighted by Gasteiger charge is 2.18. The van der Waals surface area contributed by atoms with Gasteiger partial charge in [0.1, 0.15) is 5.02 Å². The van der Waals surface area contributed by atoms with E-state index in [9.17, 15) is 10.1 Å². The highest BCUT2D eigenvalue weighted by Crippen LogP contribution is 2.26.